The van der Waals surface area contributed by atoms with Gasteiger partial charge in [-0.15, -0.1) is 0 Å². The molecule has 3 aromatic rings. The largest absolute Gasteiger partial charge is 0.460 e. The molecule has 59 heavy (non-hydrogen) atoms. The van der Waals surface area contributed by atoms with Gasteiger partial charge in [-0.3, -0.25) is 0 Å². The molecule has 0 aromatic heterocycles. The SMILES string of the molecule is O=C(OS(c1ccc(F)cc1)(c1ccc(F)cc1)c1ccc(F)cc1)C(F)(F)C(F)(F)C(F)(F)C(F)(F)C(F)(F)C(F)(F)C(F)(F)C(F)(F)C(F)(F)C(F)(F)C(F)(F)F. The molecule has 0 radical (unpaired) electrons. The smallest absolute Gasteiger partial charge is 0.397 e. The molecule has 0 aliphatic heterocycles. The van der Waals surface area contributed by atoms with Crippen molar-refractivity contribution in [2.45, 2.75) is 80.1 Å². The highest BCUT2D eigenvalue weighted by Gasteiger charge is 2.99. The minimum Gasteiger partial charge on any atom is -0.397 e. The van der Waals surface area contributed by atoms with Gasteiger partial charge in [0.05, 0.1) is 0 Å². The molecule has 0 bridgehead atoms. The zero-order valence-electron chi connectivity index (χ0n) is 27.0. The predicted molar refractivity (Wildman–Crippen MR) is 143 cm³/mol. The molecule has 29 heteroatoms. The normalized spacial score (nSPS) is 15.3. The lowest BCUT2D eigenvalue weighted by molar-refractivity contribution is -0.477. The Hall–Kier alpha value is -4.34. The van der Waals surface area contributed by atoms with E-state index in [4.69, 9.17) is 0 Å². The molecule has 0 unspecified atom stereocenters. The van der Waals surface area contributed by atoms with Gasteiger partial charge < -0.3 is 4.18 Å². The van der Waals surface area contributed by atoms with Gasteiger partial charge in [-0.25, -0.2) is 18.0 Å². The summed E-state index contributed by atoms with van der Waals surface area (Å²) < 4.78 is 367. The van der Waals surface area contributed by atoms with E-state index in [1.54, 1.807) is 0 Å². The average Bonchev–Trinajstić information content (AvgIpc) is 3.10. The third-order valence-corrected chi connectivity index (χ3v) is 11.0. The molecule has 0 amide bonds. The van der Waals surface area contributed by atoms with Gasteiger partial charge in [-0.05, 0) is 83.1 Å². The molecule has 0 spiro atoms. The lowest BCUT2D eigenvalue weighted by atomic mass is 9.85. The second-order valence-corrected chi connectivity index (χ2v) is 14.2. The van der Waals surface area contributed by atoms with Crippen molar-refractivity contribution in [1.29, 1.82) is 0 Å². The summed E-state index contributed by atoms with van der Waals surface area (Å²) in [6.07, 6.45) is -8.21. The molecule has 0 saturated carbocycles. The van der Waals surface area contributed by atoms with E-state index in [9.17, 15) is 110 Å². The van der Waals surface area contributed by atoms with E-state index in [0.29, 0.717) is 72.8 Å². The van der Waals surface area contributed by atoms with Gasteiger partial charge in [0.2, 0.25) is 0 Å². The van der Waals surface area contributed by atoms with Gasteiger partial charge in [0, 0.05) is 14.7 Å². The summed E-state index contributed by atoms with van der Waals surface area (Å²) in [5.74, 6) is -99.7. The molecule has 2 nitrogen and oxygen atoms in total. The van der Waals surface area contributed by atoms with Gasteiger partial charge in [-0.1, -0.05) is 0 Å². The first-order chi connectivity index (χ1) is 26.1. The van der Waals surface area contributed by atoms with E-state index in [1.165, 1.54) is 0 Å². The van der Waals surface area contributed by atoms with Gasteiger partial charge in [0.1, 0.15) is 17.5 Å². The van der Waals surface area contributed by atoms with Crippen LogP contribution in [0.1, 0.15) is 0 Å². The number of halogens is 26. The van der Waals surface area contributed by atoms with Crippen LogP contribution in [-0.4, -0.2) is 71.4 Å². The molecule has 3 rings (SSSR count). The standard InChI is InChI=1S/C30H12F26O2S/c31-13-1-7-16(8-2-13)59(17-9-3-14(32)4-10-17,18-11-5-15(33)6-12-18)58-19(57)20(34,35)21(36,37)22(38,39)23(40,41)24(42,43)25(44,45)26(46,47)27(48,49)28(50,51)29(52,53)30(54,55)56/h1-12H. The van der Waals surface area contributed by atoms with Gasteiger partial charge >= 0.3 is 71.4 Å². The maximum Gasteiger partial charge on any atom is 0.460 e. The first kappa shape index (κ1) is 49.0. The van der Waals surface area contributed by atoms with Crippen molar-refractivity contribution in [1.82, 2.24) is 0 Å². The van der Waals surface area contributed by atoms with Crippen LogP contribution in [0.25, 0.3) is 0 Å². The van der Waals surface area contributed by atoms with Crippen LogP contribution >= 0.6 is 10.3 Å². The summed E-state index contributed by atoms with van der Waals surface area (Å²) in [5.41, 5.74) is 0. The molecule has 0 aliphatic rings. The van der Waals surface area contributed by atoms with Gasteiger partial charge in [0.15, 0.2) is 0 Å². The Morgan fingerprint density at radius 2 is 0.542 bits per heavy atom. The Balaban J connectivity index is 2.27. The molecule has 0 fully saturated rings. The van der Waals surface area contributed by atoms with Crippen molar-refractivity contribution < 1.29 is 123 Å². The van der Waals surface area contributed by atoms with Crippen LogP contribution in [-0.2, 0) is 8.98 Å². The van der Waals surface area contributed by atoms with Crippen LogP contribution in [0, 0.1) is 17.5 Å². The fourth-order valence-electron chi connectivity index (χ4n) is 4.48. The molecule has 3 aromatic carbocycles. The van der Waals surface area contributed by atoms with Crippen molar-refractivity contribution >= 4 is 16.3 Å². The van der Waals surface area contributed by atoms with Crippen LogP contribution < -0.4 is 0 Å². The fourth-order valence-corrected chi connectivity index (χ4v) is 7.48. The lowest BCUT2D eigenvalue weighted by Gasteiger charge is -2.45. The van der Waals surface area contributed by atoms with E-state index in [-0.39, 0.29) is 0 Å². The summed E-state index contributed by atoms with van der Waals surface area (Å²) in [6.45, 7) is 0. The quantitative estimate of drug-likeness (QED) is 0.151. The van der Waals surface area contributed by atoms with E-state index in [2.05, 4.69) is 4.18 Å². The second-order valence-electron chi connectivity index (χ2n) is 11.5. The Morgan fingerprint density at radius 3 is 0.763 bits per heavy atom. The number of benzene rings is 3. The number of carbonyl (C=O) groups excluding carboxylic acids is 1. The Morgan fingerprint density at radius 1 is 0.339 bits per heavy atom. The van der Waals surface area contributed by atoms with Crippen LogP contribution in [0.4, 0.5) is 114 Å². The Bertz CT molecular complexity index is 1880. The highest BCUT2D eigenvalue weighted by Crippen LogP contribution is 2.71. The summed E-state index contributed by atoms with van der Waals surface area (Å²) in [5, 5.41) is 0. The maximum absolute atomic E-state index is 15.2. The number of alkyl halides is 23. The third-order valence-electron chi connectivity index (χ3n) is 7.80. The number of hydrogen-bond donors (Lipinski definition) is 0. The Kier molecular flexibility index (Phi) is 12.0. The van der Waals surface area contributed by atoms with E-state index >= 15 is 8.78 Å². The molecule has 0 heterocycles. The molecule has 0 aliphatic carbocycles. The molecular formula is C30H12F26O2S. The summed E-state index contributed by atoms with van der Waals surface area (Å²) in [4.78, 5) is 9.99. The van der Waals surface area contributed by atoms with Gasteiger partial charge in [0.25, 0.3) is 0 Å². The number of carbonyl (C=O) groups is 1. The molecule has 0 atom stereocenters. The Labute approximate surface area is 310 Å². The monoisotopic (exact) mass is 930 g/mol. The van der Waals surface area contributed by atoms with Gasteiger partial charge in [-0.2, -0.15) is 101 Å². The van der Waals surface area contributed by atoms with Crippen molar-refractivity contribution in [3.05, 3.63) is 90.2 Å². The van der Waals surface area contributed by atoms with Crippen LogP contribution in [0.2, 0.25) is 0 Å². The summed E-state index contributed by atoms with van der Waals surface area (Å²) in [7, 11) is -4.89. The maximum atomic E-state index is 15.2. The topological polar surface area (TPSA) is 26.3 Å². The van der Waals surface area contributed by atoms with Crippen molar-refractivity contribution in [3.63, 3.8) is 0 Å². The van der Waals surface area contributed by atoms with E-state index in [1.807, 2.05) is 0 Å². The average molecular weight is 930 g/mol. The molecular weight excluding hydrogens is 918 g/mol. The van der Waals surface area contributed by atoms with E-state index in [0.717, 1.165) is 0 Å². The third kappa shape index (κ3) is 6.84. The van der Waals surface area contributed by atoms with Crippen molar-refractivity contribution in [3.8, 4) is 0 Å². The van der Waals surface area contributed by atoms with Crippen LogP contribution in [0.15, 0.2) is 87.5 Å². The fraction of sp³-hybridized carbons (Fsp3) is 0.367. The van der Waals surface area contributed by atoms with Crippen LogP contribution in [0.5, 0.6) is 0 Å². The first-order valence-electron chi connectivity index (χ1n) is 14.3. The minimum absolute atomic E-state index is 0.362. The summed E-state index contributed by atoms with van der Waals surface area (Å²) in [6, 6.07) is 4.74. The number of hydrogen-bond acceptors (Lipinski definition) is 2. The lowest BCUT2D eigenvalue weighted by Crippen LogP contribution is -2.78. The molecule has 0 N–H and O–H groups in total. The van der Waals surface area contributed by atoms with Crippen molar-refractivity contribution in [2.24, 2.45) is 0 Å². The highest BCUT2D eigenvalue weighted by molar-refractivity contribution is 8.30. The number of rotatable bonds is 14. The zero-order chi connectivity index (χ0) is 46.2. The zero-order valence-corrected chi connectivity index (χ0v) is 27.8. The molecule has 0 saturated heterocycles. The predicted octanol–water partition coefficient (Wildman–Crippen LogP) is 12.8. The van der Waals surface area contributed by atoms with Crippen molar-refractivity contribution in [2.75, 3.05) is 0 Å². The first-order valence-corrected chi connectivity index (χ1v) is 15.9. The molecule has 332 valence electrons. The minimum atomic E-state index is -9.65. The van der Waals surface area contributed by atoms with Crippen LogP contribution in [0.3, 0.4) is 0 Å². The second kappa shape index (κ2) is 14.4. The highest BCUT2D eigenvalue weighted by atomic mass is 32.3. The van der Waals surface area contributed by atoms with E-state index < -0.39 is 114 Å². The summed E-state index contributed by atoms with van der Waals surface area (Å²) >= 11 is 0.